The van der Waals surface area contributed by atoms with E-state index in [2.05, 4.69) is 30.8 Å². The average molecular weight is 279 g/mol. The van der Waals surface area contributed by atoms with E-state index in [1.165, 1.54) is 0 Å². The molecule has 0 fully saturated rings. The number of aromatic nitrogens is 4. The molecule has 110 valence electrons. The monoisotopic (exact) mass is 279 g/mol. The lowest BCUT2D eigenvalue weighted by Crippen LogP contribution is -2.43. The Morgan fingerprint density at radius 2 is 2.15 bits per heavy atom. The Morgan fingerprint density at radius 1 is 1.40 bits per heavy atom. The van der Waals surface area contributed by atoms with Gasteiger partial charge in [0.1, 0.15) is 5.82 Å². The van der Waals surface area contributed by atoms with Gasteiger partial charge in [0.2, 0.25) is 5.95 Å². The molecular weight excluding hydrogens is 258 g/mol. The molecule has 20 heavy (non-hydrogen) atoms. The number of H-pyrrole nitrogens is 1. The molecule has 0 aromatic carbocycles. The van der Waals surface area contributed by atoms with Crippen molar-refractivity contribution in [1.82, 2.24) is 25.1 Å². The van der Waals surface area contributed by atoms with Crippen molar-refractivity contribution < 1.29 is 5.11 Å². The maximum Gasteiger partial charge on any atom is 0.226 e. The summed E-state index contributed by atoms with van der Waals surface area (Å²) in [4.78, 5) is 10.6. The van der Waals surface area contributed by atoms with Crippen LogP contribution >= 0.6 is 0 Å². The first-order chi connectivity index (χ1) is 9.41. The van der Waals surface area contributed by atoms with Crippen LogP contribution in [0.4, 0.5) is 11.8 Å². The summed E-state index contributed by atoms with van der Waals surface area (Å²) in [6, 6.07) is 0. The highest BCUT2D eigenvalue weighted by Gasteiger charge is 2.22. The summed E-state index contributed by atoms with van der Waals surface area (Å²) in [5.41, 5.74) is -0.205. The minimum atomic E-state index is -0.857. The Bertz CT molecular complexity index is 578. The van der Waals surface area contributed by atoms with Crippen LogP contribution in [0.25, 0.3) is 11.0 Å². The third kappa shape index (κ3) is 3.34. The third-order valence-corrected chi connectivity index (χ3v) is 2.83. The smallest absolute Gasteiger partial charge is 0.226 e. The van der Waals surface area contributed by atoms with Crippen LogP contribution in [0.5, 0.6) is 0 Å². The molecule has 0 radical (unpaired) electrons. The number of hydrogen-bond donors (Lipinski definition) is 4. The third-order valence-electron chi connectivity index (χ3n) is 2.83. The molecule has 2 rings (SSSR count). The molecule has 0 spiro atoms. The summed E-state index contributed by atoms with van der Waals surface area (Å²) in [7, 11) is 5.60. The van der Waals surface area contributed by atoms with Gasteiger partial charge in [0, 0.05) is 20.1 Å². The molecule has 0 aliphatic rings. The number of likely N-dealkylation sites (N-methyl/N-ethyl adjacent to an activating group) is 1. The molecule has 2 heterocycles. The van der Waals surface area contributed by atoms with E-state index in [0.717, 1.165) is 5.39 Å². The SMILES string of the molecule is CNc1nc(NCC(C)(O)CN(C)C)c2cn[nH]c2n1. The van der Waals surface area contributed by atoms with Crippen LogP contribution in [0, 0.1) is 0 Å². The van der Waals surface area contributed by atoms with E-state index in [1.807, 2.05) is 19.0 Å². The largest absolute Gasteiger partial charge is 0.387 e. The molecule has 1 unspecified atom stereocenters. The molecule has 8 nitrogen and oxygen atoms in total. The van der Waals surface area contributed by atoms with Gasteiger partial charge in [-0.1, -0.05) is 0 Å². The van der Waals surface area contributed by atoms with Crippen LogP contribution in [-0.2, 0) is 0 Å². The number of nitrogens with zero attached hydrogens (tertiary/aromatic N) is 4. The number of aromatic amines is 1. The highest BCUT2D eigenvalue weighted by atomic mass is 16.3. The number of hydrogen-bond acceptors (Lipinski definition) is 7. The van der Waals surface area contributed by atoms with Gasteiger partial charge in [-0.3, -0.25) is 5.10 Å². The van der Waals surface area contributed by atoms with Crippen LogP contribution < -0.4 is 10.6 Å². The maximum atomic E-state index is 10.3. The molecule has 0 aliphatic heterocycles. The van der Waals surface area contributed by atoms with Gasteiger partial charge in [-0.25, -0.2) is 0 Å². The molecule has 8 heteroatoms. The van der Waals surface area contributed by atoms with Crippen molar-refractivity contribution in [2.45, 2.75) is 12.5 Å². The van der Waals surface area contributed by atoms with Gasteiger partial charge in [-0.05, 0) is 21.0 Å². The van der Waals surface area contributed by atoms with Crippen molar-refractivity contribution in [2.75, 3.05) is 44.9 Å². The number of fused-ring (bicyclic) bond motifs is 1. The first kappa shape index (κ1) is 14.5. The second kappa shape index (κ2) is 5.59. The zero-order chi connectivity index (χ0) is 14.8. The van der Waals surface area contributed by atoms with Crippen molar-refractivity contribution in [1.29, 1.82) is 0 Å². The van der Waals surface area contributed by atoms with Gasteiger partial charge in [0.05, 0.1) is 17.2 Å². The second-order valence-electron chi connectivity index (χ2n) is 5.37. The average Bonchev–Trinajstić information content (AvgIpc) is 2.82. The van der Waals surface area contributed by atoms with Crippen LogP contribution in [0.3, 0.4) is 0 Å². The molecule has 0 saturated heterocycles. The molecule has 0 bridgehead atoms. The summed E-state index contributed by atoms with van der Waals surface area (Å²) in [5.74, 6) is 1.14. The van der Waals surface area contributed by atoms with Crippen molar-refractivity contribution in [3.05, 3.63) is 6.20 Å². The van der Waals surface area contributed by atoms with Gasteiger partial charge < -0.3 is 20.6 Å². The lowest BCUT2D eigenvalue weighted by atomic mass is 10.1. The quantitative estimate of drug-likeness (QED) is 0.595. The van der Waals surface area contributed by atoms with Gasteiger partial charge in [0.25, 0.3) is 0 Å². The Hall–Kier alpha value is -1.93. The topological polar surface area (TPSA) is 102 Å². The fraction of sp³-hybridized carbons (Fsp3) is 0.583. The molecule has 0 aliphatic carbocycles. The summed E-state index contributed by atoms with van der Waals surface area (Å²) in [6.07, 6.45) is 1.66. The van der Waals surface area contributed by atoms with E-state index in [1.54, 1.807) is 20.2 Å². The molecule has 2 aromatic heterocycles. The first-order valence-corrected chi connectivity index (χ1v) is 6.41. The van der Waals surface area contributed by atoms with E-state index >= 15 is 0 Å². The molecule has 2 aromatic rings. The van der Waals surface area contributed by atoms with Crippen LogP contribution in [0.1, 0.15) is 6.92 Å². The molecule has 0 saturated carbocycles. The Labute approximate surface area is 117 Å². The normalized spacial score (nSPS) is 14.5. The van der Waals surface area contributed by atoms with Crippen LogP contribution in [0.2, 0.25) is 0 Å². The molecule has 1 atom stereocenters. The Balaban J connectivity index is 2.18. The summed E-state index contributed by atoms with van der Waals surface area (Å²) in [6.45, 7) is 2.72. The van der Waals surface area contributed by atoms with Gasteiger partial charge in [-0.15, -0.1) is 0 Å². The number of nitrogens with one attached hydrogen (secondary N) is 3. The highest BCUT2D eigenvalue weighted by molar-refractivity contribution is 5.86. The predicted octanol–water partition coefficient (Wildman–Crippen LogP) is 0.119. The fourth-order valence-corrected chi connectivity index (χ4v) is 2.09. The van der Waals surface area contributed by atoms with E-state index in [4.69, 9.17) is 0 Å². The zero-order valence-electron chi connectivity index (χ0n) is 12.2. The lowest BCUT2D eigenvalue weighted by molar-refractivity contribution is 0.0459. The van der Waals surface area contributed by atoms with Crippen LogP contribution in [0.15, 0.2) is 6.20 Å². The Morgan fingerprint density at radius 3 is 2.80 bits per heavy atom. The minimum Gasteiger partial charge on any atom is -0.387 e. The fourth-order valence-electron chi connectivity index (χ4n) is 2.09. The van der Waals surface area contributed by atoms with Crippen LogP contribution in [-0.4, -0.2) is 70.0 Å². The maximum absolute atomic E-state index is 10.3. The summed E-state index contributed by atoms with van der Waals surface area (Å²) < 4.78 is 0. The van der Waals surface area contributed by atoms with Crippen molar-refractivity contribution in [2.24, 2.45) is 0 Å². The van der Waals surface area contributed by atoms with Gasteiger partial charge in [-0.2, -0.15) is 15.1 Å². The minimum absolute atomic E-state index is 0.381. The van der Waals surface area contributed by atoms with E-state index < -0.39 is 5.60 Å². The van der Waals surface area contributed by atoms with Crippen molar-refractivity contribution >= 4 is 22.8 Å². The van der Waals surface area contributed by atoms with E-state index in [0.29, 0.717) is 30.5 Å². The van der Waals surface area contributed by atoms with E-state index in [9.17, 15) is 5.11 Å². The molecule has 4 N–H and O–H groups in total. The van der Waals surface area contributed by atoms with Crippen molar-refractivity contribution in [3.63, 3.8) is 0 Å². The van der Waals surface area contributed by atoms with Crippen molar-refractivity contribution in [3.8, 4) is 0 Å². The first-order valence-electron chi connectivity index (χ1n) is 6.41. The summed E-state index contributed by atoms with van der Waals surface area (Å²) >= 11 is 0. The Kier molecular flexibility index (Phi) is 4.05. The molecule has 0 amide bonds. The molecular formula is C12H21N7O. The number of rotatable bonds is 6. The lowest BCUT2D eigenvalue weighted by Gasteiger charge is -2.27. The second-order valence-corrected chi connectivity index (χ2v) is 5.37. The highest BCUT2D eigenvalue weighted by Crippen LogP contribution is 2.20. The van der Waals surface area contributed by atoms with E-state index in [-0.39, 0.29) is 0 Å². The van der Waals surface area contributed by atoms with Gasteiger partial charge in [0.15, 0.2) is 5.65 Å². The predicted molar refractivity (Wildman–Crippen MR) is 78.9 cm³/mol. The standard InChI is InChI=1S/C12H21N7O/c1-12(20,7-19(3)4)6-14-9-8-5-15-18-10(8)17-11(13-2)16-9/h5,20H,6-7H2,1-4H3,(H3,13,14,15,16,17,18). The zero-order valence-corrected chi connectivity index (χ0v) is 12.2. The number of aliphatic hydroxyl groups is 1. The van der Waals surface area contributed by atoms with Gasteiger partial charge >= 0.3 is 0 Å². The summed E-state index contributed by atoms with van der Waals surface area (Å²) in [5, 5.41) is 23.9. The number of anilines is 2.